The smallest absolute Gasteiger partial charge is 0.407 e. The molecule has 1 aliphatic heterocycles. The number of rotatable bonds is 8. The highest BCUT2D eigenvalue weighted by Gasteiger charge is 2.20. The second-order valence-electron chi connectivity index (χ2n) is 9.23. The summed E-state index contributed by atoms with van der Waals surface area (Å²) >= 11 is 0. The van der Waals surface area contributed by atoms with E-state index in [1.54, 1.807) is 18.5 Å². The number of nitrogens with zero attached hydrogens (tertiary/aromatic N) is 2. The predicted octanol–water partition coefficient (Wildman–Crippen LogP) is 6.03. The Balaban J connectivity index is 1.22. The zero-order valence-electron chi connectivity index (χ0n) is 21.1. The molecule has 1 fully saturated rings. The maximum absolute atomic E-state index is 13.4. The minimum absolute atomic E-state index is 0.144. The van der Waals surface area contributed by atoms with Gasteiger partial charge in [0.1, 0.15) is 6.61 Å². The molecular weight excluding hydrogens is 476 g/mol. The number of carbonyl (C=O) groups excluding carboxylic acids is 2. The zero-order chi connectivity index (χ0) is 26.2. The quantitative estimate of drug-likeness (QED) is 0.305. The lowest BCUT2D eigenvalue weighted by molar-refractivity contribution is 0.102. The second kappa shape index (κ2) is 12.1. The molecule has 7 heteroatoms. The molecule has 0 atom stereocenters. The molecule has 2 N–H and O–H groups in total. The summed E-state index contributed by atoms with van der Waals surface area (Å²) in [6, 6.07) is 27.3. The predicted molar refractivity (Wildman–Crippen MR) is 149 cm³/mol. The number of amides is 2. The monoisotopic (exact) mass is 506 g/mol. The number of nitrogens with one attached hydrogen (secondary N) is 2. The van der Waals surface area contributed by atoms with Gasteiger partial charge in [0.25, 0.3) is 5.91 Å². The number of pyridine rings is 1. The van der Waals surface area contributed by atoms with Gasteiger partial charge in [-0.15, -0.1) is 0 Å². The Hall–Kier alpha value is -4.65. The van der Waals surface area contributed by atoms with E-state index in [2.05, 4.69) is 32.7 Å². The van der Waals surface area contributed by atoms with Crippen molar-refractivity contribution in [2.75, 3.05) is 23.3 Å². The summed E-state index contributed by atoms with van der Waals surface area (Å²) in [5, 5.41) is 5.79. The van der Waals surface area contributed by atoms with Crippen molar-refractivity contribution in [3.8, 4) is 11.1 Å². The lowest BCUT2D eigenvalue weighted by Gasteiger charge is -2.22. The molecule has 0 aliphatic carbocycles. The van der Waals surface area contributed by atoms with E-state index in [-0.39, 0.29) is 12.5 Å². The second-order valence-corrected chi connectivity index (χ2v) is 9.23. The van der Waals surface area contributed by atoms with E-state index in [0.29, 0.717) is 17.8 Å². The zero-order valence-corrected chi connectivity index (χ0v) is 21.1. The SMILES string of the molecule is O=C(NCc1ccc(NC(=O)c2cc(-c3ccccc3)ccc2N2CCCC2)cc1)OCc1cccnc1. The van der Waals surface area contributed by atoms with Crippen LogP contribution >= 0.6 is 0 Å². The number of alkyl carbamates (subject to hydrolysis) is 1. The fourth-order valence-corrected chi connectivity index (χ4v) is 4.52. The Morgan fingerprint density at radius 3 is 2.37 bits per heavy atom. The first-order valence-electron chi connectivity index (χ1n) is 12.8. The molecule has 192 valence electrons. The highest BCUT2D eigenvalue weighted by molar-refractivity contribution is 6.09. The average Bonchev–Trinajstić information content (AvgIpc) is 3.51. The van der Waals surface area contributed by atoms with Crippen molar-refractivity contribution in [3.05, 3.63) is 114 Å². The molecule has 2 amide bonds. The number of ether oxygens (including phenoxy) is 1. The lowest BCUT2D eigenvalue weighted by atomic mass is 10.0. The van der Waals surface area contributed by atoms with E-state index in [4.69, 9.17) is 4.74 Å². The summed E-state index contributed by atoms with van der Waals surface area (Å²) in [5.41, 5.74) is 6.12. The van der Waals surface area contributed by atoms with Crippen LogP contribution in [0.1, 0.15) is 34.3 Å². The van der Waals surface area contributed by atoms with E-state index in [0.717, 1.165) is 53.9 Å². The van der Waals surface area contributed by atoms with Crippen LogP contribution in [0.25, 0.3) is 11.1 Å². The summed E-state index contributed by atoms with van der Waals surface area (Å²) in [6.45, 7) is 2.39. The van der Waals surface area contributed by atoms with Gasteiger partial charge in [0.15, 0.2) is 0 Å². The normalized spacial score (nSPS) is 12.7. The van der Waals surface area contributed by atoms with Gasteiger partial charge in [-0.25, -0.2) is 4.79 Å². The average molecular weight is 507 g/mol. The summed E-state index contributed by atoms with van der Waals surface area (Å²) in [6.07, 6.45) is 5.09. The van der Waals surface area contributed by atoms with Crippen LogP contribution in [-0.4, -0.2) is 30.1 Å². The third-order valence-corrected chi connectivity index (χ3v) is 6.54. The first-order valence-corrected chi connectivity index (χ1v) is 12.8. The molecule has 1 aliphatic rings. The van der Waals surface area contributed by atoms with Crippen LogP contribution < -0.4 is 15.5 Å². The molecule has 38 heavy (non-hydrogen) atoms. The Morgan fingerprint density at radius 2 is 1.63 bits per heavy atom. The Bertz CT molecular complexity index is 1370. The van der Waals surface area contributed by atoms with Gasteiger partial charge in [-0.3, -0.25) is 9.78 Å². The molecule has 2 heterocycles. The lowest BCUT2D eigenvalue weighted by Crippen LogP contribution is -2.24. The number of anilines is 2. The maximum Gasteiger partial charge on any atom is 0.407 e. The van der Waals surface area contributed by atoms with E-state index >= 15 is 0 Å². The highest BCUT2D eigenvalue weighted by Crippen LogP contribution is 2.30. The molecule has 0 saturated carbocycles. The van der Waals surface area contributed by atoms with Gasteiger partial charge in [0.2, 0.25) is 0 Å². The van der Waals surface area contributed by atoms with Gasteiger partial charge in [-0.2, -0.15) is 0 Å². The largest absolute Gasteiger partial charge is 0.445 e. The highest BCUT2D eigenvalue weighted by atomic mass is 16.5. The van der Waals surface area contributed by atoms with Crippen molar-refractivity contribution in [2.45, 2.75) is 26.0 Å². The molecule has 0 bridgehead atoms. The fraction of sp³-hybridized carbons (Fsp3) is 0.194. The molecule has 0 radical (unpaired) electrons. The van der Waals surface area contributed by atoms with Crippen molar-refractivity contribution >= 4 is 23.4 Å². The Morgan fingerprint density at radius 1 is 0.842 bits per heavy atom. The summed E-state index contributed by atoms with van der Waals surface area (Å²) in [7, 11) is 0. The topological polar surface area (TPSA) is 83.6 Å². The summed E-state index contributed by atoms with van der Waals surface area (Å²) in [4.78, 5) is 31.7. The molecule has 3 aromatic carbocycles. The van der Waals surface area contributed by atoms with E-state index < -0.39 is 6.09 Å². The maximum atomic E-state index is 13.4. The minimum Gasteiger partial charge on any atom is -0.445 e. The number of benzene rings is 3. The van der Waals surface area contributed by atoms with E-state index in [9.17, 15) is 9.59 Å². The summed E-state index contributed by atoms with van der Waals surface area (Å²) < 4.78 is 5.22. The van der Waals surface area contributed by atoms with E-state index in [1.807, 2.05) is 66.7 Å². The van der Waals surface area contributed by atoms with Gasteiger partial charge >= 0.3 is 6.09 Å². The number of hydrogen-bond acceptors (Lipinski definition) is 5. The molecule has 4 aromatic rings. The van der Waals surface area contributed by atoms with Crippen LogP contribution in [0.3, 0.4) is 0 Å². The molecule has 7 nitrogen and oxygen atoms in total. The number of aromatic nitrogens is 1. The fourth-order valence-electron chi connectivity index (χ4n) is 4.52. The Labute approximate surface area is 222 Å². The minimum atomic E-state index is -0.501. The van der Waals surface area contributed by atoms with E-state index in [1.165, 1.54) is 0 Å². The standard InChI is InChI=1S/C31H30N4O3/c36-30(28-19-26(25-8-2-1-3-9-25)12-15-29(28)35-17-4-5-18-35)34-27-13-10-23(11-14-27)21-33-31(37)38-22-24-7-6-16-32-20-24/h1-3,6-16,19-20H,4-5,17-18,21-22H2,(H,33,37)(H,34,36). The van der Waals surface area contributed by atoms with Gasteiger partial charge in [-0.05, 0) is 59.9 Å². The summed E-state index contributed by atoms with van der Waals surface area (Å²) in [5.74, 6) is -0.144. The molecule has 0 spiro atoms. The van der Waals surface area contributed by atoms with Gasteiger partial charge in [-0.1, -0.05) is 54.6 Å². The number of hydrogen-bond donors (Lipinski definition) is 2. The third kappa shape index (κ3) is 6.37. The van der Waals surface area contributed by atoms with Gasteiger partial charge < -0.3 is 20.3 Å². The van der Waals surface area contributed by atoms with Crippen LogP contribution in [0, 0.1) is 0 Å². The third-order valence-electron chi connectivity index (χ3n) is 6.54. The molecule has 5 rings (SSSR count). The number of carbonyl (C=O) groups is 2. The van der Waals surface area contributed by atoms with Gasteiger partial charge in [0, 0.05) is 49.0 Å². The van der Waals surface area contributed by atoms with Crippen molar-refractivity contribution < 1.29 is 14.3 Å². The molecule has 0 unspecified atom stereocenters. The van der Waals surface area contributed by atoms with Crippen LogP contribution in [0.15, 0.2) is 97.3 Å². The van der Waals surface area contributed by atoms with Crippen LogP contribution in [-0.2, 0) is 17.9 Å². The molecule has 1 aromatic heterocycles. The first-order chi connectivity index (χ1) is 18.7. The van der Waals surface area contributed by atoms with Crippen molar-refractivity contribution in [3.63, 3.8) is 0 Å². The van der Waals surface area contributed by atoms with Gasteiger partial charge in [0.05, 0.1) is 5.56 Å². The van der Waals surface area contributed by atoms with Crippen LogP contribution in [0.2, 0.25) is 0 Å². The van der Waals surface area contributed by atoms with Crippen LogP contribution in [0.5, 0.6) is 0 Å². The van der Waals surface area contributed by atoms with Crippen molar-refractivity contribution in [1.82, 2.24) is 10.3 Å². The van der Waals surface area contributed by atoms with Crippen molar-refractivity contribution in [1.29, 1.82) is 0 Å². The molecule has 1 saturated heterocycles. The molecular formula is C31H30N4O3. The van der Waals surface area contributed by atoms with Crippen molar-refractivity contribution in [2.24, 2.45) is 0 Å². The Kier molecular flexibility index (Phi) is 7.94. The van der Waals surface area contributed by atoms with Crippen LogP contribution in [0.4, 0.5) is 16.2 Å². The first kappa shape index (κ1) is 25.0.